The number of amides is 2. The Morgan fingerprint density at radius 2 is 2.04 bits per heavy atom. The first kappa shape index (κ1) is 18.7. The van der Waals surface area contributed by atoms with Gasteiger partial charge in [0.25, 0.3) is 0 Å². The normalized spacial score (nSPS) is 17.9. The van der Waals surface area contributed by atoms with E-state index in [1.54, 1.807) is 11.0 Å². The van der Waals surface area contributed by atoms with Crippen LogP contribution in [-0.2, 0) is 6.54 Å². The van der Waals surface area contributed by atoms with E-state index in [1.165, 1.54) is 19.2 Å². The molecule has 0 bridgehead atoms. The number of aromatic nitrogens is 3. The quantitative estimate of drug-likeness (QED) is 0.823. The fraction of sp³-hybridized carbons (Fsp3) is 0.824. The van der Waals surface area contributed by atoms with Crippen LogP contribution in [0.4, 0.5) is 4.79 Å². The summed E-state index contributed by atoms with van der Waals surface area (Å²) in [7, 11) is 2.17. The first-order valence-corrected chi connectivity index (χ1v) is 9.00. The maximum absolute atomic E-state index is 12.7. The lowest BCUT2D eigenvalue weighted by Crippen LogP contribution is -2.49. The third kappa shape index (κ3) is 6.11. The molecule has 7 heteroatoms. The number of hydrogen-bond donors (Lipinski definition) is 1. The summed E-state index contributed by atoms with van der Waals surface area (Å²) in [6, 6.07) is 0.0570. The minimum absolute atomic E-state index is 0.0198. The summed E-state index contributed by atoms with van der Waals surface area (Å²) in [4.78, 5) is 21.0. The molecule has 2 heterocycles. The number of carbonyl (C=O) groups is 1. The predicted octanol–water partition coefficient (Wildman–Crippen LogP) is 1.68. The molecule has 1 aromatic rings. The average Bonchev–Trinajstić information content (AvgIpc) is 3.01. The molecule has 24 heavy (non-hydrogen) atoms. The molecular formula is C17H32N6O. The second-order valence-electron chi connectivity index (χ2n) is 7.51. The topological polar surface area (TPSA) is 66.3 Å². The van der Waals surface area contributed by atoms with Gasteiger partial charge in [-0.2, -0.15) is 5.10 Å². The van der Waals surface area contributed by atoms with Gasteiger partial charge in [0.2, 0.25) is 0 Å². The minimum Gasteiger partial charge on any atom is -0.334 e. The van der Waals surface area contributed by atoms with Crippen molar-refractivity contribution in [3.63, 3.8) is 0 Å². The summed E-state index contributed by atoms with van der Waals surface area (Å²) >= 11 is 0. The summed E-state index contributed by atoms with van der Waals surface area (Å²) < 4.78 is 1.74. The second-order valence-corrected chi connectivity index (χ2v) is 7.51. The van der Waals surface area contributed by atoms with Crippen LogP contribution >= 0.6 is 0 Å². The fourth-order valence-corrected chi connectivity index (χ4v) is 3.19. The lowest BCUT2D eigenvalue weighted by molar-refractivity contribution is 0.149. The van der Waals surface area contributed by atoms with Crippen LogP contribution in [0.15, 0.2) is 12.7 Å². The lowest BCUT2D eigenvalue weighted by Gasteiger charge is -2.34. The van der Waals surface area contributed by atoms with E-state index < -0.39 is 0 Å². The highest BCUT2D eigenvalue weighted by molar-refractivity contribution is 5.74. The van der Waals surface area contributed by atoms with Crippen LogP contribution in [-0.4, -0.2) is 69.9 Å². The molecule has 0 spiro atoms. The van der Waals surface area contributed by atoms with Gasteiger partial charge < -0.3 is 15.1 Å². The Bertz CT molecular complexity index is 481. The molecule has 1 saturated heterocycles. The molecule has 1 fully saturated rings. The Kier molecular flexibility index (Phi) is 7.02. The molecule has 1 aliphatic heterocycles. The molecule has 0 aliphatic carbocycles. The third-order valence-corrected chi connectivity index (χ3v) is 4.49. The summed E-state index contributed by atoms with van der Waals surface area (Å²) in [5.41, 5.74) is 0. The van der Waals surface area contributed by atoms with E-state index in [0.717, 1.165) is 26.2 Å². The van der Waals surface area contributed by atoms with Crippen molar-refractivity contribution in [3.8, 4) is 0 Å². The van der Waals surface area contributed by atoms with E-state index in [2.05, 4.69) is 41.2 Å². The Morgan fingerprint density at radius 1 is 1.33 bits per heavy atom. The molecule has 0 aromatic carbocycles. The predicted molar refractivity (Wildman–Crippen MR) is 94.6 cm³/mol. The molecule has 1 N–H and O–H groups in total. The number of hydrogen-bond acceptors (Lipinski definition) is 4. The Hall–Kier alpha value is -1.63. The maximum Gasteiger partial charge on any atom is 0.317 e. The van der Waals surface area contributed by atoms with Gasteiger partial charge in [0.1, 0.15) is 12.7 Å². The number of rotatable bonds is 7. The van der Waals surface area contributed by atoms with Gasteiger partial charge in [0, 0.05) is 19.1 Å². The smallest absolute Gasteiger partial charge is 0.317 e. The zero-order chi connectivity index (χ0) is 17.5. The lowest BCUT2D eigenvalue weighted by atomic mass is 9.96. The number of piperidine rings is 1. The highest BCUT2D eigenvalue weighted by Crippen LogP contribution is 2.18. The van der Waals surface area contributed by atoms with Crippen LogP contribution < -0.4 is 5.32 Å². The van der Waals surface area contributed by atoms with Crippen molar-refractivity contribution in [2.75, 3.05) is 33.2 Å². The number of carbonyl (C=O) groups excluding carboxylic acids is 1. The summed E-state index contributed by atoms with van der Waals surface area (Å²) in [5.74, 6) is 1.07. The van der Waals surface area contributed by atoms with Crippen LogP contribution in [0.1, 0.15) is 33.6 Å². The van der Waals surface area contributed by atoms with Crippen LogP contribution in [0.5, 0.6) is 0 Å². The van der Waals surface area contributed by atoms with E-state index in [1.807, 2.05) is 11.8 Å². The van der Waals surface area contributed by atoms with Crippen molar-refractivity contribution in [3.05, 3.63) is 12.7 Å². The van der Waals surface area contributed by atoms with Crippen molar-refractivity contribution >= 4 is 6.03 Å². The van der Waals surface area contributed by atoms with Gasteiger partial charge in [-0.15, -0.1) is 0 Å². The molecule has 1 aromatic heterocycles. The molecular weight excluding hydrogens is 304 g/mol. The SMILES string of the molecule is CC(C)CN(CC1CCN(C)CC1)C(=O)NC(C)Cn1cncn1. The first-order valence-electron chi connectivity index (χ1n) is 9.00. The Labute approximate surface area is 145 Å². The summed E-state index contributed by atoms with van der Waals surface area (Å²) in [6.45, 7) is 10.9. The standard InChI is InChI=1S/C17H32N6O/c1-14(2)9-22(11-16-5-7-21(4)8-6-16)17(24)20-15(3)10-23-13-18-12-19-23/h12-16H,5-11H2,1-4H3,(H,20,24). The van der Waals surface area contributed by atoms with Crippen molar-refractivity contribution in [1.82, 2.24) is 29.9 Å². The van der Waals surface area contributed by atoms with Gasteiger partial charge in [-0.1, -0.05) is 13.8 Å². The van der Waals surface area contributed by atoms with Crippen molar-refractivity contribution in [2.45, 2.75) is 46.2 Å². The molecule has 1 atom stereocenters. The number of nitrogens with one attached hydrogen (secondary N) is 1. The zero-order valence-electron chi connectivity index (χ0n) is 15.5. The summed E-state index contributed by atoms with van der Waals surface area (Å²) in [6.07, 6.45) is 5.53. The van der Waals surface area contributed by atoms with Gasteiger partial charge in [-0.25, -0.2) is 9.78 Å². The Balaban J connectivity index is 1.86. The number of nitrogens with zero attached hydrogens (tertiary/aromatic N) is 5. The largest absolute Gasteiger partial charge is 0.334 e. The number of likely N-dealkylation sites (tertiary alicyclic amines) is 1. The highest BCUT2D eigenvalue weighted by Gasteiger charge is 2.23. The van der Waals surface area contributed by atoms with Crippen LogP contribution in [0, 0.1) is 11.8 Å². The molecule has 1 aliphatic rings. The molecule has 2 rings (SSSR count). The van der Waals surface area contributed by atoms with Crippen molar-refractivity contribution < 1.29 is 4.79 Å². The Morgan fingerprint density at radius 3 is 2.62 bits per heavy atom. The van der Waals surface area contributed by atoms with Gasteiger partial charge in [-0.3, -0.25) is 4.68 Å². The average molecular weight is 336 g/mol. The fourth-order valence-electron chi connectivity index (χ4n) is 3.19. The van der Waals surface area contributed by atoms with Gasteiger partial charge in [0.05, 0.1) is 6.54 Å². The highest BCUT2D eigenvalue weighted by atomic mass is 16.2. The van der Waals surface area contributed by atoms with E-state index >= 15 is 0 Å². The molecule has 1 unspecified atom stereocenters. The van der Waals surface area contributed by atoms with E-state index in [0.29, 0.717) is 18.4 Å². The van der Waals surface area contributed by atoms with Gasteiger partial charge >= 0.3 is 6.03 Å². The second kappa shape index (κ2) is 9.01. The van der Waals surface area contributed by atoms with Gasteiger partial charge in [-0.05, 0) is 51.7 Å². The van der Waals surface area contributed by atoms with Gasteiger partial charge in [0.15, 0.2) is 0 Å². The van der Waals surface area contributed by atoms with E-state index in [4.69, 9.17) is 0 Å². The van der Waals surface area contributed by atoms with Crippen molar-refractivity contribution in [2.24, 2.45) is 11.8 Å². The maximum atomic E-state index is 12.7. The molecule has 7 nitrogen and oxygen atoms in total. The third-order valence-electron chi connectivity index (χ3n) is 4.49. The van der Waals surface area contributed by atoms with Crippen LogP contribution in [0.3, 0.4) is 0 Å². The summed E-state index contributed by atoms with van der Waals surface area (Å²) in [5, 5.41) is 7.20. The zero-order valence-corrected chi connectivity index (χ0v) is 15.5. The van der Waals surface area contributed by atoms with E-state index in [-0.39, 0.29) is 12.1 Å². The molecule has 0 saturated carbocycles. The van der Waals surface area contributed by atoms with Crippen LogP contribution in [0.2, 0.25) is 0 Å². The minimum atomic E-state index is 0.0198. The van der Waals surface area contributed by atoms with Crippen molar-refractivity contribution in [1.29, 1.82) is 0 Å². The van der Waals surface area contributed by atoms with E-state index in [9.17, 15) is 4.79 Å². The first-order chi connectivity index (χ1) is 11.4. The monoisotopic (exact) mass is 336 g/mol. The molecule has 2 amide bonds. The number of urea groups is 1. The molecule has 0 radical (unpaired) electrons. The molecule has 136 valence electrons. The van der Waals surface area contributed by atoms with Crippen LogP contribution in [0.25, 0.3) is 0 Å².